The fourth-order valence-corrected chi connectivity index (χ4v) is 1.55. The summed E-state index contributed by atoms with van der Waals surface area (Å²) in [6.07, 6.45) is 1.88. The standard InChI is InChI=1S/C9H14ClN3OS/c1-9(2,5-14)13-7-4-6(10)11-8(12-7)15-3/h4,14H,5H2,1-3H3,(H,11,12,13). The maximum absolute atomic E-state index is 9.11. The molecule has 0 radical (unpaired) electrons. The molecule has 0 saturated carbocycles. The van der Waals surface area contributed by atoms with Gasteiger partial charge < -0.3 is 10.4 Å². The lowest BCUT2D eigenvalue weighted by Crippen LogP contribution is -2.35. The number of rotatable bonds is 4. The van der Waals surface area contributed by atoms with Gasteiger partial charge in [-0.15, -0.1) is 0 Å². The Morgan fingerprint density at radius 3 is 2.73 bits per heavy atom. The predicted octanol–water partition coefficient (Wildman–Crippen LogP) is 2.03. The van der Waals surface area contributed by atoms with Crippen LogP contribution in [0.5, 0.6) is 0 Å². The van der Waals surface area contributed by atoms with Gasteiger partial charge >= 0.3 is 0 Å². The smallest absolute Gasteiger partial charge is 0.190 e. The first-order valence-corrected chi connectivity index (χ1v) is 6.05. The van der Waals surface area contributed by atoms with Crippen LogP contribution >= 0.6 is 23.4 Å². The van der Waals surface area contributed by atoms with E-state index in [1.54, 1.807) is 6.07 Å². The van der Waals surface area contributed by atoms with Gasteiger partial charge in [-0.2, -0.15) is 0 Å². The number of thioether (sulfide) groups is 1. The maximum atomic E-state index is 9.11. The van der Waals surface area contributed by atoms with Crippen LogP contribution < -0.4 is 5.32 Å². The number of nitrogens with zero attached hydrogens (tertiary/aromatic N) is 2. The Morgan fingerprint density at radius 2 is 2.20 bits per heavy atom. The zero-order valence-corrected chi connectivity index (χ0v) is 10.5. The van der Waals surface area contributed by atoms with Gasteiger partial charge in [0.25, 0.3) is 0 Å². The normalized spacial score (nSPS) is 11.5. The minimum atomic E-state index is -0.423. The Labute approximate surface area is 98.5 Å². The molecule has 0 saturated heterocycles. The van der Waals surface area contributed by atoms with E-state index < -0.39 is 5.54 Å². The predicted molar refractivity (Wildman–Crippen MR) is 63.6 cm³/mol. The number of aliphatic hydroxyl groups excluding tert-OH is 1. The third kappa shape index (κ3) is 3.85. The molecule has 4 nitrogen and oxygen atoms in total. The van der Waals surface area contributed by atoms with Crippen LogP contribution in [0.4, 0.5) is 5.82 Å². The van der Waals surface area contributed by atoms with E-state index in [4.69, 9.17) is 16.7 Å². The molecule has 15 heavy (non-hydrogen) atoms. The molecule has 0 aliphatic heterocycles. The molecule has 0 spiro atoms. The van der Waals surface area contributed by atoms with Crippen molar-refractivity contribution in [2.45, 2.75) is 24.5 Å². The van der Waals surface area contributed by atoms with E-state index in [1.165, 1.54) is 11.8 Å². The average Bonchev–Trinajstić information content (AvgIpc) is 2.16. The van der Waals surface area contributed by atoms with Crippen LogP contribution in [0, 0.1) is 0 Å². The highest BCUT2D eigenvalue weighted by molar-refractivity contribution is 7.98. The number of nitrogens with one attached hydrogen (secondary N) is 1. The number of anilines is 1. The van der Waals surface area contributed by atoms with Crippen molar-refractivity contribution in [3.63, 3.8) is 0 Å². The van der Waals surface area contributed by atoms with Gasteiger partial charge in [-0.05, 0) is 20.1 Å². The first kappa shape index (κ1) is 12.5. The second-order valence-corrected chi connectivity index (χ2v) is 4.89. The van der Waals surface area contributed by atoms with Gasteiger partial charge in [0.05, 0.1) is 12.1 Å². The van der Waals surface area contributed by atoms with E-state index in [-0.39, 0.29) is 6.61 Å². The monoisotopic (exact) mass is 247 g/mol. The van der Waals surface area contributed by atoms with Gasteiger partial charge in [-0.3, -0.25) is 0 Å². The van der Waals surface area contributed by atoms with Crippen molar-refractivity contribution in [2.75, 3.05) is 18.2 Å². The van der Waals surface area contributed by atoms with Crippen LogP contribution in [-0.4, -0.2) is 33.5 Å². The minimum absolute atomic E-state index is 0.0171. The Morgan fingerprint density at radius 1 is 1.53 bits per heavy atom. The molecule has 0 atom stereocenters. The fourth-order valence-electron chi connectivity index (χ4n) is 0.938. The molecule has 0 aromatic carbocycles. The zero-order chi connectivity index (χ0) is 11.5. The highest BCUT2D eigenvalue weighted by Gasteiger charge is 2.17. The van der Waals surface area contributed by atoms with Crippen molar-refractivity contribution in [2.24, 2.45) is 0 Å². The molecule has 1 heterocycles. The molecule has 2 N–H and O–H groups in total. The highest BCUT2D eigenvalue weighted by atomic mass is 35.5. The molecule has 1 aromatic heterocycles. The Balaban J connectivity index is 2.90. The molecule has 6 heteroatoms. The molecule has 0 unspecified atom stereocenters. The van der Waals surface area contributed by atoms with Gasteiger partial charge in [-0.25, -0.2) is 9.97 Å². The first-order chi connectivity index (χ1) is 6.96. The van der Waals surface area contributed by atoms with Crippen molar-refractivity contribution >= 4 is 29.2 Å². The summed E-state index contributed by atoms with van der Waals surface area (Å²) < 4.78 is 0. The van der Waals surface area contributed by atoms with Crippen LogP contribution in [-0.2, 0) is 0 Å². The lowest BCUT2D eigenvalue weighted by atomic mass is 10.1. The second-order valence-electron chi connectivity index (χ2n) is 3.73. The quantitative estimate of drug-likeness (QED) is 0.484. The van der Waals surface area contributed by atoms with Crippen molar-refractivity contribution in [3.05, 3.63) is 11.2 Å². The van der Waals surface area contributed by atoms with E-state index in [1.807, 2.05) is 20.1 Å². The van der Waals surface area contributed by atoms with E-state index in [9.17, 15) is 0 Å². The molecule has 84 valence electrons. The fraction of sp³-hybridized carbons (Fsp3) is 0.556. The number of hydrogen-bond donors (Lipinski definition) is 2. The summed E-state index contributed by atoms with van der Waals surface area (Å²) >= 11 is 7.26. The van der Waals surface area contributed by atoms with Gasteiger partial charge in [0.2, 0.25) is 0 Å². The van der Waals surface area contributed by atoms with Crippen LogP contribution in [0.25, 0.3) is 0 Å². The van der Waals surface area contributed by atoms with Crippen molar-refractivity contribution in [1.29, 1.82) is 0 Å². The molecule has 1 rings (SSSR count). The van der Waals surface area contributed by atoms with Crippen LogP contribution in [0.1, 0.15) is 13.8 Å². The summed E-state index contributed by atoms with van der Waals surface area (Å²) in [4.78, 5) is 8.25. The van der Waals surface area contributed by atoms with E-state index in [2.05, 4.69) is 15.3 Å². The lowest BCUT2D eigenvalue weighted by molar-refractivity contribution is 0.234. The summed E-state index contributed by atoms with van der Waals surface area (Å²) in [5, 5.41) is 13.2. The van der Waals surface area contributed by atoms with Crippen LogP contribution in [0.3, 0.4) is 0 Å². The van der Waals surface area contributed by atoms with Gasteiger partial charge in [0.1, 0.15) is 11.0 Å². The summed E-state index contributed by atoms with van der Waals surface area (Å²) in [6, 6.07) is 1.64. The Bertz CT molecular complexity index is 346. The molecule has 0 fully saturated rings. The van der Waals surface area contributed by atoms with Crippen molar-refractivity contribution in [3.8, 4) is 0 Å². The molecule has 0 bridgehead atoms. The van der Waals surface area contributed by atoms with E-state index in [0.29, 0.717) is 16.1 Å². The zero-order valence-electron chi connectivity index (χ0n) is 8.91. The molecule has 1 aromatic rings. The van der Waals surface area contributed by atoms with Crippen LogP contribution in [0.2, 0.25) is 5.15 Å². The van der Waals surface area contributed by atoms with Gasteiger partial charge in [0, 0.05) is 6.07 Å². The number of hydrogen-bond acceptors (Lipinski definition) is 5. The molecule has 0 aliphatic rings. The summed E-state index contributed by atoms with van der Waals surface area (Å²) in [5.74, 6) is 0.624. The van der Waals surface area contributed by atoms with E-state index in [0.717, 1.165) is 0 Å². The van der Waals surface area contributed by atoms with Crippen molar-refractivity contribution in [1.82, 2.24) is 9.97 Å². The maximum Gasteiger partial charge on any atom is 0.190 e. The Kier molecular flexibility index (Phi) is 4.19. The SMILES string of the molecule is CSc1nc(Cl)cc(NC(C)(C)CO)n1. The third-order valence-electron chi connectivity index (χ3n) is 1.72. The largest absolute Gasteiger partial charge is 0.394 e. The second kappa shape index (κ2) is 5.01. The molecule has 0 amide bonds. The molecule has 0 aliphatic carbocycles. The topological polar surface area (TPSA) is 58.0 Å². The third-order valence-corrected chi connectivity index (χ3v) is 2.46. The van der Waals surface area contributed by atoms with Crippen LogP contribution in [0.15, 0.2) is 11.2 Å². The number of aromatic nitrogens is 2. The van der Waals surface area contributed by atoms with Crippen molar-refractivity contribution < 1.29 is 5.11 Å². The number of halogens is 1. The highest BCUT2D eigenvalue weighted by Crippen LogP contribution is 2.19. The Hall–Kier alpha value is -0.520. The average molecular weight is 248 g/mol. The summed E-state index contributed by atoms with van der Waals surface area (Å²) in [6.45, 7) is 3.77. The van der Waals surface area contributed by atoms with Gasteiger partial charge in [-0.1, -0.05) is 23.4 Å². The minimum Gasteiger partial charge on any atom is -0.394 e. The lowest BCUT2D eigenvalue weighted by Gasteiger charge is -2.24. The number of aliphatic hydroxyl groups is 1. The summed E-state index contributed by atoms with van der Waals surface area (Å²) in [7, 11) is 0. The van der Waals surface area contributed by atoms with Gasteiger partial charge in [0.15, 0.2) is 5.16 Å². The first-order valence-electron chi connectivity index (χ1n) is 4.44. The molecular weight excluding hydrogens is 234 g/mol. The van der Waals surface area contributed by atoms with E-state index >= 15 is 0 Å². The summed E-state index contributed by atoms with van der Waals surface area (Å²) in [5.41, 5.74) is -0.423. The molecular formula is C9H14ClN3OS.